The van der Waals surface area contributed by atoms with Crippen LogP contribution in [0.25, 0.3) is 0 Å². The van der Waals surface area contributed by atoms with Gasteiger partial charge in [0.25, 0.3) is 10.0 Å². The number of hydrogen-bond acceptors (Lipinski definition) is 4. The molecule has 3 aromatic carbocycles. The summed E-state index contributed by atoms with van der Waals surface area (Å²) in [5, 5.41) is 3.35. The fourth-order valence-electron chi connectivity index (χ4n) is 2.89. The Kier molecular flexibility index (Phi) is 8.01. The number of carbonyl (C=O) groups excluding carboxylic acids is 1. The maximum Gasteiger partial charge on any atom is 0.264 e. The number of rotatable bonds is 9. The molecule has 1 amide bonds. The molecule has 0 spiro atoms. The molecule has 0 saturated carbocycles. The second-order valence-electron chi connectivity index (χ2n) is 6.90. The van der Waals surface area contributed by atoms with Crippen molar-refractivity contribution in [2.75, 3.05) is 24.0 Å². The highest BCUT2D eigenvalue weighted by molar-refractivity contribution is 7.92. The minimum Gasteiger partial charge on any atom is -0.490 e. The molecule has 0 unspecified atom stereocenters. The van der Waals surface area contributed by atoms with Gasteiger partial charge in [0.1, 0.15) is 18.9 Å². The van der Waals surface area contributed by atoms with Gasteiger partial charge in [0.2, 0.25) is 5.91 Å². The van der Waals surface area contributed by atoms with Crippen molar-refractivity contribution in [1.29, 1.82) is 0 Å². The van der Waals surface area contributed by atoms with Gasteiger partial charge in [0, 0.05) is 0 Å². The number of nitrogens with zero attached hydrogens (tertiary/aromatic N) is 1. The van der Waals surface area contributed by atoms with E-state index in [1.54, 1.807) is 60.7 Å². The molecule has 0 saturated heterocycles. The zero-order valence-electron chi connectivity index (χ0n) is 17.3. The van der Waals surface area contributed by atoms with Gasteiger partial charge in [-0.25, -0.2) is 8.42 Å². The normalized spacial score (nSPS) is 11.1. The zero-order valence-corrected chi connectivity index (χ0v) is 19.6. The molecule has 3 aromatic rings. The summed E-state index contributed by atoms with van der Waals surface area (Å²) in [6.45, 7) is 1.77. The van der Waals surface area contributed by atoms with Gasteiger partial charge in [-0.15, -0.1) is 0 Å². The molecular formula is C23H22Cl2N2O4S. The molecule has 0 fully saturated rings. The van der Waals surface area contributed by atoms with Gasteiger partial charge in [-0.05, 0) is 43.3 Å². The topological polar surface area (TPSA) is 75.7 Å². The standard InChI is InChI=1S/C23H22Cl2N2O4S/c1-17-10-12-18(13-11-17)32(29,30)27(21-8-4-2-6-19(21)24)16-23(28)26-14-15-31-22-9-5-3-7-20(22)25/h2-13H,14-16H2,1H3,(H,26,28). The third kappa shape index (κ3) is 5.94. The SMILES string of the molecule is Cc1ccc(S(=O)(=O)N(CC(=O)NCCOc2ccccc2Cl)c2ccccc2Cl)cc1. The minimum absolute atomic E-state index is 0.0675. The molecule has 0 aliphatic carbocycles. The lowest BCUT2D eigenvalue weighted by atomic mass is 10.2. The van der Waals surface area contributed by atoms with Gasteiger partial charge < -0.3 is 10.1 Å². The molecule has 6 nitrogen and oxygen atoms in total. The summed E-state index contributed by atoms with van der Waals surface area (Å²) in [5.41, 5.74) is 1.14. The van der Waals surface area contributed by atoms with Crippen molar-refractivity contribution >= 4 is 44.8 Å². The van der Waals surface area contributed by atoms with Crippen LogP contribution in [0.4, 0.5) is 5.69 Å². The van der Waals surface area contributed by atoms with Crippen LogP contribution in [0.3, 0.4) is 0 Å². The van der Waals surface area contributed by atoms with Crippen molar-refractivity contribution in [2.45, 2.75) is 11.8 Å². The van der Waals surface area contributed by atoms with Crippen LogP contribution in [-0.4, -0.2) is 34.0 Å². The van der Waals surface area contributed by atoms with E-state index in [1.165, 1.54) is 12.1 Å². The van der Waals surface area contributed by atoms with Crippen LogP contribution >= 0.6 is 23.2 Å². The van der Waals surface area contributed by atoms with Gasteiger partial charge in [0.15, 0.2) is 0 Å². The number of hydrogen-bond donors (Lipinski definition) is 1. The molecular weight excluding hydrogens is 471 g/mol. The number of aryl methyl sites for hydroxylation is 1. The number of carbonyl (C=O) groups is 1. The van der Waals surface area contributed by atoms with E-state index in [4.69, 9.17) is 27.9 Å². The van der Waals surface area contributed by atoms with Crippen molar-refractivity contribution in [3.63, 3.8) is 0 Å². The second-order valence-corrected chi connectivity index (χ2v) is 9.58. The lowest BCUT2D eigenvalue weighted by molar-refractivity contribution is -0.119. The Morgan fingerprint density at radius 3 is 2.22 bits per heavy atom. The average Bonchev–Trinajstić information content (AvgIpc) is 2.77. The van der Waals surface area contributed by atoms with Gasteiger partial charge >= 0.3 is 0 Å². The first-order valence-electron chi connectivity index (χ1n) is 9.77. The molecule has 168 valence electrons. The molecule has 32 heavy (non-hydrogen) atoms. The average molecular weight is 493 g/mol. The lowest BCUT2D eigenvalue weighted by Crippen LogP contribution is -2.42. The molecule has 0 heterocycles. The molecule has 0 radical (unpaired) electrons. The van der Waals surface area contributed by atoms with Crippen LogP contribution in [0.15, 0.2) is 77.7 Å². The Morgan fingerprint density at radius 2 is 1.56 bits per heavy atom. The Balaban J connectivity index is 1.73. The summed E-state index contributed by atoms with van der Waals surface area (Å²) in [6.07, 6.45) is 0. The number of sulfonamides is 1. The summed E-state index contributed by atoms with van der Waals surface area (Å²) in [4.78, 5) is 12.7. The Morgan fingerprint density at radius 1 is 0.938 bits per heavy atom. The number of benzene rings is 3. The maximum absolute atomic E-state index is 13.3. The van der Waals surface area contributed by atoms with Crippen molar-refractivity contribution in [1.82, 2.24) is 5.32 Å². The predicted molar refractivity (Wildman–Crippen MR) is 127 cm³/mol. The molecule has 1 N–H and O–H groups in total. The van der Waals surface area contributed by atoms with Gasteiger partial charge in [-0.2, -0.15) is 0 Å². The number of anilines is 1. The summed E-state index contributed by atoms with van der Waals surface area (Å²) >= 11 is 12.3. The maximum atomic E-state index is 13.3. The highest BCUT2D eigenvalue weighted by Gasteiger charge is 2.28. The summed E-state index contributed by atoms with van der Waals surface area (Å²) in [5.74, 6) is 0.00595. The van der Waals surface area contributed by atoms with Crippen LogP contribution in [0.5, 0.6) is 5.75 Å². The first-order valence-corrected chi connectivity index (χ1v) is 12.0. The summed E-state index contributed by atoms with van der Waals surface area (Å²) in [6, 6.07) is 19.9. The number of halogens is 2. The second kappa shape index (κ2) is 10.7. The van der Waals surface area contributed by atoms with Crippen LogP contribution in [0.2, 0.25) is 10.0 Å². The highest BCUT2D eigenvalue weighted by Crippen LogP contribution is 2.30. The van der Waals surface area contributed by atoms with E-state index in [9.17, 15) is 13.2 Å². The van der Waals surface area contributed by atoms with Crippen LogP contribution in [0.1, 0.15) is 5.56 Å². The lowest BCUT2D eigenvalue weighted by Gasteiger charge is -2.25. The van der Waals surface area contributed by atoms with E-state index in [1.807, 2.05) is 6.92 Å². The highest BCUT2D eigenvalue weighted by atomic mass is 35.5. The minimum atomic E-state index is -4.03. The predicted octanol–water partition coefficient (Wildman–Crippen LogP) is 4.69. The van der Waals surface area contributed by atoms with E-state index in [2.05, 4.69) is 5.32 Å². The smallest absolute Gasteiger partial charge is 0.264 e. The van der Waals surface area contributed by atoms with Gasteiger partial charge in [-0.3, -0.25) is 9.10 Å². The molecule has 0 atom stereocenters. The van der Waals surface area contributed by atoms with Gasteiger partial charge in [-0.1, -0.05) is 65.2 Å². The van der Waals surface area contributed by atoms with E-state index in [0.29, 0.717) is 10.8 Å². The molecule has 0 bridgehead atoms. The number of para-hydroxylation sites is 2. The summed E-state index contributed by atoms with van der Waals surface area (Å²) < 4.78 is 33.2. The number of ether oxygens (including phenoxy) is 1. The Hall–Kier alpha value is -2.74. The quantitative estimate of drug-likeness (QED) is 0.439. The van der Waals surface area contributed by atoms with Crippen molar-refractivity contribution in [3.05, 3.63) is 88.4 Å². The Labute approximate surface area is 197 Å². The first kappa shape index (κ1) is 23.9. The number of amides is 1. The van der Waals surface area contributed by atoms with Crippen molar-refractivity contribution < 1.29 is 17.9 Å². The molecule has 0 aliphatic heterocycles. The zero-order chi connectivity index (χ0) is 23.1. The first-order chi connectivity index (χ1) is 15.3. The fourth-order valence-corrected chi connectivity index (χ4v) is 4.81. The van der Waals surface area contributed by atoms with E-state index < -0.39 is 22.5 Å². The van der Waals surface area contributed by atoms with Crippen molar-refractivity contribution in [2.24, 2.45) is 0 Å². The van der Waals surface area contributed by atoms with E-state index >= 15 is 0 Å². The van der Waals surface area contributed by atoms with Crippen LogP contribution < -0.4 is 14.4 Å². The van der Waals surface area contributed by atoms with Crippen LogP contribution in [-0.2, 0) is 14.8 Å². The monoisotopic (exact) mass is 492 g/mol. The molecule has 0 aliphatic rings. The Bertz CT molecular complexity index is 1180. The molecule has 0 aromatic heterocycles. The largest absolute Gasteiger partial charge is 0.490 e. The van der Waals surface area contributed by atoms with Crippen molar-refractivity contribution in [3.8, 4) is 5.75 Å². The third-order valence-corrected chi connectivity index (χ3v) is 6.94. The molecule has 9 heteroatoms. The van der Waals surface area contributed by atoms with E-state index in [-0.39, 0.29) is 28.8 Å². The number of nitrogens with one attached hydrogen (secondary N) is 1. The van der Waals surface area contributed by atoms with E-state index in [0.717, 1.165) is 9.87 Å². The fraction of sp³-hybridized carbons (Fsp3) is 0.174. The van der Waals surface area contributed by atoms with Gasteiger partial charge in [0.05, 0.1) is 27.2 Å². The van der Waals surface area contributed by atoms with Crippen LogP contribution in [0, 0.1) is 6.92 Å². The summed E-state index contributed by atoms with van der Waals surface area (Å²) in [7, 11) is -4.03. The molecule has 3 rings (SSSR count). The third-order valence-electron chi connectivity index (χ3n) is 4.54.